The van der Waals surface area contributed by atoms with Gasteiger partial charge in [-0.25, -0.2) is 9.97 Å². The normalized spacial score (nSPS) is 13.5. The van der Waals surface area contributed by atoms with Crippen molar-refractivity contribution in [1.82, 2.24) is 19.9 Å². The van der Waals surface area contributed by atoms with Crippen LogP contribution in [0.1, 0.15) is 35.8 Å². The minimum absolute atomic E-state index is 0.0834. The fourth-order valence-corrected chi connectivity index (χ4v) is 3.60. The molecule has 0 spiro atoms. The van der Waals surface area contributed by atoms with Gasteiger partial charge in [-0.2, -0.15) is 4.98 Å². The molecule has 1 amide bonds. The first-order valence-corrected chi connectivity index (χ1v) is 9.35. The van der Waals surface area contributed by atoms with Gasteiger partial charge in [-0.15, -0.1) is 11.3 Å². The summed E-state index contributed by atoms with van der Waals surface area (Å²) in [5.74, 6) is 1.59. The zero-order valence-corrected chi connectivity index (χ0v) is 16.0. The molecule has 0 fully saturated rings. The third-order valence-electron chi connectivity index (χ3n) is 4.27. The van der Waals surface area contributed by atoms with Crippen LogP contribution in [-0.2, 0) is 30.7 Å². The number of hydrogen-bond donors (Lipinski definition) is 1. The summed E-state index contributed by atoms with van der Waals surface area (Å²) in [6, 6.07) is 0. The molecule has 25 heavy (non-hydrogen) atoms. The van der Waals surface area contributed by atoms with Gasteiger partial charge < -0.3 is 15.1 Å². The monoisotopic (exact) mass is 360 g/mol. The van der Waals surface area contributed by atoms with Crippen LogP contribution in [0.5, 0.6) is 0 Å². The highest BCUT2D eigenvalue weighted by Crippen LogP contribution is 2.26. The van der Waals surface area contributed by atoms with Crippen LogP contribution in [0, 0.1) is 0 Å². The van der Waals surface area contributed by atoms with Gasteiger partial charge in [-0.1, -0.05) is 6.92 Å². The number of anilines is 2. The number of thiazole rings is 1. The van der Waals surface area contributed by atoms with Crippen molar-refractivity contribution in [3.63, 3.8) is 0 Å². The zero-order chi connectivity index (χ0) is 18.0. The van der Waals surface area contributed by atoms with E-state index in [4.69, 9.17) is 0 Å². The predicted octanol–water partition coefficient (Wildman–Crippen LogP) is 2.08. The predicted molar refractivity (Wildman–Crippen MR) is 100.0 cm³/mol. The second kappa shape index (κ2) is 7.35. The molecule has 0 saturated carbocycles. The van der Waals surface area contributed by atoms with Crippen molar-refractivity contribution in [2.24, 2.45) is 0 Å². The number of carbonyl (C=O) groups excluding carboxylic acids is 1. The first-order chi connectivity index (χ1) is 12.0. The highest BCUT2D eigenvalue weighted by Gasteiger charge is 2.24. The molecule has 8 heteroatoms. The number of carbonyl (C=O) groups is 1. The molecule has 0 aliphatic carbocycles. The third kappa shape index (κ3) is 3.89. The summed E-state index contributed by atoms with van der Waals surface area (Å²) >= 11 is 1.67. The second-order valence-electron chi connectivity index (χ2n) is 6.32. The molecule has 2 aromatic rings. The fraction of sp³-hybridized carbons (Fsp3) is 0.529. The van der Waals surface area contributed by atoms with Gasteiger partial charge in [0, 0.05) is 38.5 Å². The van der Waals surface area contributed by atoms with E-state index in [1.807, 2.05) is 23.9 Å². The highest BCUT2D eigenvalue weighted by molar-refractivity contribution is 7.09. The summed E-state index contributed by atoms with van der Waals surface area (Å²) < 4.78 is 0. The quantitative estimate of drug-likeness (QED) is 0.880. The molecule has 1 aliphatic rings. The lowest BCUT2D eigenvalue weighted by molar-refractivity contribution is -0.129. The van der Waals surface area contributed by atoms with E-state index in [1.165, 1.54) is 0 Å². The molecule has 0 aromatic carbocycles. The Labute approximate surface area is 152 Å². The average molecular weight is 360 g/mol. The maximum absolute atomic E-state index is 11.7. The molecule has 2 aromatic heterocycles. The average Bonchev–Trinajstić information content (AvgIpc) is 3.06. The summed E-state index contributed by atoms with van der Waals surface area (Å²) in [5, 5.41) is 6.58. The van der Waals surface area contributed by atoms with Gasteiger partial charge >= 0.3 is 0 Å². The van der Waals surface area contributed by atoms with Gasteiger partial charge in [0.1, 0.15) is 10.8 Å². The van der Waals surface area contributed by atoms with Crippen molar-refractivity contribution in [2.75, 3.05) is 30.9 Å². The first kappa shape index (κ1) is 17.6. The van der Waals surface area contributed by atoms with E-state index in [9.17, 15) is 4.79 Å². The Kier molecular flexibility index (Phi) is 5.17. The Morgan fingerprint density at radius 3 is 2.80 bits per heavy atom. The van der Waals surface area contributed by atoms with E-state index >= 15 is 0 Å². The van der Waals surface area contributed by atoms with Crippen molar-refractivity contribution < 1.29 is 4.79 Å². The van der Waals surface area contributed by atoms with Crippen LogP contribution in [-0.4, -0.2) is 46.4 Å². The number of amides is 1. The van der Waals surface area contributed by atoms with Crippen molar-refractivity contribution >= 4 is 29.0 Å². The number of hydrogen-bond acceptors (Lipinski definition) is 7. The van der Waals surface area contributed by atoms with E-state index in [1.54, 1.807) is 18.3 Å². The van der Waals surface area contributed by atoms with Crippen LogP contribution in [0.2, 0.25) is 0 Å². The molecule has 1 aliphatic heterocycles. The van der Waals surface area contributed by atoms with Crippen LogP contribution < -0.4 is 10.2 Å². The summed E-state index contributed by atoms with van der Waals surface area (Å²) in [6.07, 6.45) is 1.72. The van der Waals surface area contributed by atoms with Crippen LogP contribution in [0.25, 0.3) is 0 Å². The Hall–Kier alpha value is -2.22. The molecular formula is C17H24N6OS. The van der Waals surface area contributed by atoms with Gasteiger partial charge in [0.15, 0.2) is 0 Å². The maximum Gasteiger partial charge on any atom is 0.227 e. The fourth-order valence-electron chi connectivity index (χ4n) is 2.78. The molecule has 0 radical (unpaired) electrons. The van der Waals surface area contributed by atoms with Crippen LogP contribution in [0.3, 0.4) is 0 Å². The zero-order valence-electron chi connectivity index (χ0n) is 15.2. The van der Waals surface area contributed by atoms with Crippen molar-refractivity contribution in [1.29, 1.82) is 0 Å². The second-order valence-corrected chi connectivity index (χ2v) is 7.26. The Bertz CT molecular complexity index is 772. The lowest BCUT2D eigenvalue weighted by Crippen LogP contribution is -2.35. The smallest absolute Gasteiger partial charge is 0.227 e. The number of rotatable bonds is 5. The molecule has 0 bridgehead atoms. The minimum atomic E-state index is 0.0834. The van der Waals surface area contributed by atoms with Gasteiger partial charge in [-0.3, -0.25) is 4.79 Å². The topological polar surface area (TPSA) is 74.2 Å². The molecule has 1 N–H and O–H groups in total. The highest BCUT2D eigenvalue weighted by atomic mass is 32.1. The first-order valence-electron chi connectivity index (χ1n) is 8.47. The molecule has 7 nitrogen and oxygen atoms in total. The molecular weight excluding hydrogens is 336 g/mol. The van der Waals surface area contributed by atoms with Gasteiger partial charge in [-0.05, 0) is 12.8 Å². The van der Waals surface area contributed by atoms with Crippen LogP contribution in [0.15, 0.2) is 5.38 Å². The van der Waals surface area contributed by atoms with E-state index in [2.05, 4.69) is 32.6 Å². The molecule has 134 valence electrons. The lowest BCUT2D eigenvalue weighted by Gasteiger charge is -2.29. The number of nitrogens with one attached hydrogen (secondary N) is 1. The van der Waals surface area contributed by atoms with Crippen molar-refractivity contribution in [3.8, 4) is 0 Å². The molecule has 3 rings (SSSR count). The number of nitrogens with zero attached hydrogens (tertiary/aromatic N) is 5. The Balaban J connectivity index is 1.86. The van der Waals surface area contributed by atoms with E-state index < -0.39 is 0 Å². The van der Waals surface area contributed by atoms with E-state index in [0.717, 1.165) is 40.6 Å². The lowest BCUT2D eigenvalue weighted by atomic mass is 10.1. The SMILES string of the molecule is CCc1csc(CNc2nc(N(C)C)nc3c2CCN(C(C)=O)C3)n1. The van der Waals surface area contributed by atoms with Gasteiger partial charge in [0.2, 0.25) is 11.9 Å². The molecule has 0 atom stereocenters. The summed E-state index contributed by atoms with van der Waals surface area (Å²) in [7, 11) is 3.84. The number of aryl methyl sites for hydroxylation is 1. The molecule has 3 heterocycles. The van der Waals surface area contributed by atoms with Crippen molar-refractivity contribution in [2.45, 2.75) is 39.8 Å². The van der Waals surface area contributed by atoms with Gasteiger partial charge in [0.25, 0.3) is 0 Å². The molecule has 0 saturated heterocycles. The Morgan fingerprint density at radius 1 is 1.36 bits per heavy atom. The van der Waals surface area contributed by atoms with Crippen molar-refractivity contribution in [3.05, 3.63) is 27.3 Å². The standard InChI is InChI=1S/C17H24N6OS/c1-5-12-10-25-15(19-12)8-18-16-13-6-7-23(11(2)24)9-14(13)20-17(21-16)22(3)4/h10H,5-9H2,1-4H3,(H,18,20,21). The van der Waals surface area contributed by atoms with E-state index in [-0.39, 0.29) is 5.91 Å². The summed E-state index contributed by atoms with van der Waals surface area (Å²) in [6.45, 7) is 5.61. The van der Waals surface area contributed by atoms with E-state index in [0.29, 0.717) is 25.6 Å². The number of aromatic nitrogens is 3. The van der Waals surface area contributed by atoms with Gasteiger partial charge in [0.05, 0.1) is 24.5 Å². The van der Waals surface area contributed by atoms with Crippen LogP contribution >= 0.6 is 11.3 Å². The summed E-state index contributed by atoms with van der Waals surface area (Å²) in [5.41, 5.74) is 3.16. The Morgan fingerprint density at radius 2 is 2.16 bits per heavy atom. The van der Waals surface area contributed by atoms with Crippen LogP contribution in [0.4, 0.5) is 11.8 Å². The number of fused-ring (bicyclic) bond motifs is 1. The summed E-state index contributed by atoms with van der Waals surface area (Å²) in [4.78, 5) is 29.3. The third-order valence-corrected chi connectivity index (χ3v) is 5.16. The minimum Gasteiger partial charge on any atom is -0.363 e. The molecule has 0 unspecified atom stereocenters. The largest absolute Gasteiger partial charge is 0.363 e. The maximum atomic E-state index is 11.7.